The molecule has 0 saturated carbocycles. The summed E-state index contributed by atoms with van der Waals surface area (Å²) in [6.07, 6.45) is 8.99. The Labute approximate surface area is 151 Å². The monoisotopic (exact) mass is 316 g/mol. The van der Waals surface area contributed by atoms with Gasteiger partial charge in [0, 0.05) is 0 Å². The molecule has 4 radical (unpaired) electrons. The van der Waals surface area contributed by atoms with E-state index in [0.717, 1.165) is 12.8 Å². The van der Waals surface area contributed by atoms with Gasteiger partial charge >= 0.3 is 0 Å². The molecule has 24 heavy (non-hydrogen) atoms. The van der Waals surface area contributed by atoms with Gasteiger partial charge in [-0.3, -0.25) is 0 Å². The highest BCUT2D eigenvalue weighted by Gasteiger charge is 2.32. The van der Waals surface area contributed by atoms with Gasteiger partial charge in [0.15, 0.2) is 0 Å². The molecule has 0 saturated heterocycles. The molecule has 2 rings (SSSR count). The van der Waals surface area contributed by atoms with Crippen LogP contribution in [0.15, 0.2) is 30.4 Å². The van der Waals surface area contributed by atoms with Crippen LogP contribution in [0.2, 0.25) is 0 Å². The van der Waals surface area contributed by atoms with Crippen molar-refractivity contribution in [1.82, 2.24) is 0 Å². The molecule has 0 unspecified atom stereocenters. The number of hydrogen-bond donors (Lipinski definition) is 0. The minimum absolute atomic E-state index is 0.0206. The Hall–Kier alpha value is -1.17. The first-order chi connectivity index (χ1) is 10.8. The molecule has 0 amide bonds. The zero-order chi connectivity index (χ0) is 18.3. The van der Waals surface area contributed by atoms with Crippen LogP contribution in [0.4, 0.5) is 0 Å². The molecule has 1 aromatic carbocycles. The van der Waals surface area contributed by atoms with Crippen LogP contribution in [-0.2, 0) is 16.0 Å². The van der Waals surface area contributed by atoms with Crippen molar-refractivity contribution in [3.05, 3.63) is 52.6 Å². The first kappa shape index (κ1) is 19.2. The Bertz CT molecular complexity index is 636. The fraction of sp³-hybridized carbons (Fsp3) is 0.545. The lowest BCUT2D eigenvalue weighted by Crippen LogP contribution is -2.31. The van der Waals surface area contributed by atoms with E-state index in [4.69, 9.17) is 15.7 Å². The third kappa shape index (κ3) is 4.08. The summed E-state index contributed by atoms with van der Waals surface area (Å²) < 4.78 is 0. The lowest BCUT2D eigenvalue weighted by atomic mass is 9.57. The van der Waals surface area contributed by atoms with Gasteiger partial charge in [-0.1, -0.05) is 78.8 Å². The van der Waals surface area contributed by atoms with Crippen LogP contribution in [0.25, 0.3) is 5.57 Å². The molecule has 124 valence electrons. The lowest BCUT2D eigenvalue weighted by molar-refractivity contribution is 0.550. The Morgan fingerprint density at radius 1 is 0.792 bits per heavy atom. The maximum Gasteiger partial charge on any atom is 0.0803 e. The van der Waals surface area contributed by atoms with Crippen LogP contribution in [0.5, 0.6) is 0 Å². The molecule has 0 heterocycles. The van der Waals surface area contributed by atoms with Gasteiger partial charge in [0.1, 0.15) is 0 Å². The van der Waals surface area contributed by atoms with E-state index in [1.54, 1.807) is 0 Å². The highest BCUT2D eigenvalue weighted by Crippen LogP contribution is 2.41. The van der Waals surface area contributed by atoms with E-state index >= 15 is 0 Å². The predicted octanol–water partition coefficient (Wildman–Crippen LogP) is 5.52. The highest BCUT2D eigenvalue weighted by molar-refractivity contribution is 6.17. The summed E-state index contributed by atoms with van der Waals surface area (Å²) in [5.41, 5.74) is 6.15. The van der Waals surface area contributed by atoms with E-state index in [2.05, 4.69) is 78.8 Å². The SMILES string of the molecule is [B]C(C)(C)c1cc(C2=CCCC=C2)cc(C([B])(C)C)c1C(C)(C)C. The molecule has 0 spiro atoms. The van der Waals surface area contributed by atoms with Crippen molar-refractivity contribution in [3.8, 4) is 0 Å². The zero-order valence-electron chi connectivity index (χ0n) is 16.5. The van der Waals surface area contributed by atoms with Crippen LogP contribution in [0.3, 0.4) is 0 Å². The van der Waals surface area contributed by atoms with E-state index in [9.17, 15) is 0 Å². The first-order valence-electron chi connectivity index (χ1n) is 8.96. The lowest BCUT2D eigenvalue weighted by Gasteiger charge is -2.37. The van der Waals surface area contributed by atoms with Crippen molar-refractivity contribution < 1.29 is 0 Å². The van der Waals surface area contributed by atoms with Crippen molar-refractivity contribution >= 4 is 21.3 Å². The summed E-state index contributed by atoms with van der Waals surface area (Å²) in [7, 11) is 13.2. The summed E-state index contributed by atoms with van der Waals surface area (Å²) >= 11 is 0. The van der Waals surface area contributed by atoms with Crippen LogP contribution in [-0.4, -0.2) is 15.7 Å². The van der Waals surface area contributed by atoms with Crippen LogP contribution in [0, 0.1) is 0 Å². The molecule has 0 bridgehead atoms. The summed E-state index contributed by atoms with van der Waals surface area (Å²) in [5.74, 6) is 0. The average molecular weight is 316 g/mol. The maximum atomic E-state index is 6.59. The largest absolute Gasteiger partial charge is 0.0836 e. The maximum absolute atomic E-state index is 6.59. The second-order valence-electron chi connectivity index (χ2n) is 9.28. The van der Waals surface area contributed by atoms with Crippen LogP contribution in [0.1, 0.15) is 83.6 Å². The summed E-state index contributed by atoms with van der Waals surface area (Å²) in [6.45, 7) is 15.1. The summed E-state index contributed by atoms with van der Waals surface area (Å²) in [6, 6.07) is 4.55. The fourth-order valence-corrected chi connectivity index (χ4v) is 3.46. The quantitative estimate of drug-likeness (QED) is 0.644. The molecule has 1 aliphatic carbocycles. The van der Waals surface area contributed by atoms with Crippen molar-refractivity contribution in [1.29, 1.82) is 0 Å². The Kier molecular flexibility index (Phi) is 5.01. The van der Waals surface area contributed by atoms with Crippen molar-refractivity contribution in [2.75, 3.05) is 0 Å². The van der Waals surface area contributed by atoms with Gasteiger partial charge in [-0.15, -0.1) is 0 Å². The second kappa shape index (κ2) is 6.28. The molecular formula is C22H30B2. The average Bonchev–Trinajstić information content (AvgIpc) is 2.44. The van der Waals surface area contributed by atoms with E-state index in [0.29, 0.717) is 0 Å². The van der Waals surface area contributed by atoms with Gasteiger partial charge in [0.25, 0.3) is 0 Å². The zero-order valence-corrected chi connectivity index (χ0v) is 16.5. The highest BCUT2D eigenvalue weighted by atomic mass is 14.3. The normalized spacial score (nSPS) is 16.2. The second-order valence-corrected chi connectivity index (χ2v) is 9.28. The molecule has 0 N–H and O–H groups in total. The molecule has 1 aliphatic rings. The molecule has 0 nitrogen and oxygen atoms in total. The van der Waals surface area contributed by atoms with E-state index < -0.39 is 10.6 Å². The summed E-state index contributed by atoms with van der Waals surface area (Å²) in [4.78, 5) is 0. The van der Waals surface area contributed by atoms with Gasteiger partial charge in [-0.2, -0.15) is 0 Å². The Balaban J connectivity index is 2.85. The number of benzene rings is 1. The predicted molar refractivity (Wildman–Crippen MR) is 109 cm³/mol. The topological polar surface area (TPSA) is 0 Å². The molecule has 2 heteroatoms. The van der Waals surface area contributed by atoms with E-state index in [1.807, 2.05) is 0 Å². The van der Waals surface area contributed by atoms with Gasteiger partial charge in [-0.25, -0.2) is 0 Å². The number of rotatable bonds is 3. The smallest absolute Gasteiger partial charge is 0.0803 e. The number of allylic oxidation sites excluding steroid dienone is 4. The van der Waals surface area contributed by atoms with E-state index in [1.165, 1.54) is 27.8 Å². The van der Waals surface area contributed by atoms with Gasteiger partial charge in [-0.05, 0) is 56.7 Å². The third-order valence-corrected chi connectivity index (χ3v) is 4.61. The van der Waals surface area contributed by atoms with Gasteiger partial charge < -0.3 is 0 Å². The van der Waals surface area contributed by atoms with E-state index in [-0.39, 0.29) is 5.41 Å². The Morgan fingerprint density at radius 2 is 1.29 bits per heavy atom. The van der Waals surface area contributed by atoms with Gasteiger partial charge in [0.2, 0.25) is 0 Å². The molecule has 1 aromatic rings. The minimum Gasteiger partial charge on any atom is -0.0836 e. The van der Waals surface area contributed by atoms with Crippen molar-refractivity contribution in [2.24, 2.45) is 0 Å². The first-order valence-corrected chi connectivity index (χ1v) is 8.96. The molecule has 0 aromatic heterocycles. The molecule has 0 fully saturated rings. The third-order valence-electron chi connectivity index (χ3n) is 4.61. The number of hydrogen-bond acceptors (Lipinski definition) is 0. The molecule has 0 atom stereocenters. The molecule has 0 aliphatic heterocycles. The van der Waals surface area contributed by atoms with Gasteiger partial charge in [0.05, 0.1) is 15.7 Å². The minimum atomic E-state index is -0.419. The standard InChI is InChI=1S/C22H30B2/c1-20(2,3)19-17(21(4,5)23)13-16(14-18(19)22(6,7)24)15-11-9-8-10-12-15/h9,11-14H,8,10H2,1-7H3. The van der Waals surface area contributed by atoms with Crippen molar-refractivity contribution in [2.45, 2.75) is 77.4 Å². The summed E-state index contributed by atoms with van der Waals surface area (Å²) in [5, 5.41) is -0.838. The fourth-order valence-electron chi connectivity index (χ4n) is 3.46. The Morgan fingerprint density at radius 3 is 1.62 bits per heavy atom. The molecular weight excluding hydrogens is 286 g/mol. The van der Waals surface area contributed by atoms with Crippen LogP contribution < -0.4 is 0 Å². The van der Waals surface area contributed by atoms with Crippen LogP contribution >= 0.6 is 0 Å². The van der Waals surface area contributed by atoms with Crippen molar-refractivity contribution in [3.63, 3.8) is 0 Å².